The van der Waals surface area contributed by atoms with E-state index in [1.165, 1.54) is 0 Å². The summed E-state index contributed by atoms with van der Waals surface area (Å²) < 4.78 is 18.4. The van der Waals surface area contributed by atoms with E-state index in [1.807, 2.05) is 18.4 Å². The Balaban J connectivity index is 0.000000187. The molecule has 5 nitrogen and oxygen atoms in total. The zero-order valence-corrected chi connectivity index (χ0v) is 6.71. The molecule has 0 fully saturated rings. The highest BCUT2D eigenvalue weighted by Gasteiger charge is 1.78. The average Bonchev–Trinajstić information content (AvgIpc) is 1.88. The molecule has 0 saturated carbocycles. The molecule has 0 saturated heterocycles. The first-order valence-electron chi connectivity index (χ1n) is 2.86. The number of rotatable bonds is 0. The van der Waals surface area contributed by atoms with E-state index in [1.54, 1.807) is 0 Å². The quantitative estimate of drug-likeness (QED) is 0.434. The number of hydrogen-bond donors (Lipinski definition) is 3. The lowest BCUT2D eigenvalue weighted by molar-refractivity contribution is 0.599. The number of dihydropyridines is 1. The van der Waals surface area contributed by atoms with Crippen LogP contribution in [0.5, 0.6) is 0 Å². The van der Waals surface area contributed by atoms with E-state index in [9.17, 15) is 8.42 Å². The fourth-order valence-electron chi connectivity index (χ4n) is 0.406. The number of nitrogens with two attached hydrogens (primary N) is 2. The maximum Gasteiger partial charge on any atom is 0.271 e. The van der Waals surface area contributed by atoms with Crippen LogP contribution in [0.4, 0.5) is 0 Å². The smallest absolute Gasteiger partial charge is 0.271 e. The minimum atomic E-state index is -3.67. The van der Waals surface area contributed by atoms with Crippen LogP contribution in [0.15, 0.2) is 24.4 Å². The van der Waals surface area contributed by atoms with Crippen LogP contribution in [0, 0.1) is 0 Å². The largest absolute Gasteiger partial charge is 0.387 e. The molecule has 0 unspecified atom stereocenters. The molecule has 6 heteroatoms. The van der Waals surface area contributed by atoms with Gasteiger partial charge >= 0.3 is 0 Å². The first kappa shape index (κ1) is 10.2. The van der Waals surface area contributed by atoms with Crippen LogP contribution in [0.25, 0.3) is 0 Å². The van der Waals surface area contributed by atoms with Gasteiger partial charge in [0.1, 0.15) is 0 Å². The van der Waals surface area contributed by atoms with Crippen LogP contribution >= 0.6 is 0 Å². The predicted octanol–water partition coefficient (Wildman–Crippen LogP) is -1.19. The van der Waals surface area contributed by atoms with Gasteiger partial charge in [0.25, 0.3) is 10.2 Å². The van der Waals surface area contributed by atoms with Gasteiger partial charge in [-0.2, -0.15) is 8.42 Å². The standard InChI is InChI=1S/C5H7N.H4N2O2S/c1-2-4-6-5-3-1;1-5(2,3)4/h1-4,6H,5H2;(H4,1,2,3,4). The van der Waals surface area contributed by atoms with E-state index in [4.69, 9.17) is 0 Å². The Labute approximate surface area is 65.9 Å². The maximum absolute atomic E-state index is 9.19. The molecule has 0 amide bonds. The lowest BCUT2D eigenvalue weighted by atomic mass is 10.4. The van der Waals surface area contributed by atoms with E-state index in [0.29, 0.717) is 0 Å². The molecule has 0 radical (unpaired) electrons. The van der Waals surface area contributed by atoms with E-state index in [2.05, 4.69) is 21.7 Å². The zero-order valence-electron chi connectivity index (χ0n) is 5.90. The molecule has 1 rings (SSSR count). The fourth-order valence-corrected chi connectivity index (χ4v) is 0.406. The fraction of sp³-hybridized carbons (Fsp3) is 0.200. The molecule has 0 spiro atoms. The Morgan fingerprint density at radius 2 is 1.82 bits per heavy atom. The summed E-state index contributed by atoms with van der Waals surface area (Å²) in [5.41, 5.74) is 0. The summed E-state index contributed by atoms with van der Waals surface area (Å²) in [6.45, 7) is 0.983. The van der Waals surface area contributed by atoms with Crippen LogP contribution in [-0.4, -0.2) is 15.0 Å². The normalized spacial score (nSPS) is 14.7. The van der Waals surface area contributed by atoms with Gasteiger partial charge in [-0.05, 0) is 12.3 Å². The lowest BCUT2D eigenvalue weighted by Gasteiger charge is -1.94. The van der Waals surface area contributed by atoms with Gasteiger partial charge in [-0.1, -0.05) is 12.2 Å². The van der Waals surface area contributed by atoms with Gasteiger partial charge in [0.15, 0.2) is 0 Å². The Bertz CT molecular complexity index is 222. The van der Waals surface area contributed by atoms with E-state index in [-0.39, 0.29) is 0 Å². The van der Waals surface area contributed by atoms with Crippen molar-refractivity contribution in [3.8, 4) is 0 Å². The first-order valence-corrected chi connectivity index (χ1v) is 4.46. The summed E-state index contributed by atoms with van der Waals surface area (Å²) in [5.74, 6) is 0. The van der Waals surface area contributed by atoms with Crippen molar-refractivity contribution in [2.24, 2.45) is 10.3 Å². The monoisotopic (exact) mass is 177 g/mol. The molecule has 0 aromatic rings. The van der Waals surface area contributed by atoms with Crippen LogP contribution < -0.4 is 15.6 Å². The molecule has 64 valence electrons. The molecule has 1 heterocycles. The minimum Gasteiger partial charge on any atom is -0.387 e. The highest BCUT2D eigenvalue weighted by molar-refractivity contribution is 7.86. The molecule has 1 aliphatic rings. The molecule has 0 atom stereocenters. The molecule has 5 N–H and O–H groups in total. The molecule has 0 bridgehead atoms. The summed E-state index contributed by atoms with van der Waals surface area (Å²) in [4.78, 5) is 0. The van der Waals surface area contributed by atoms with Gasteiger partial charge in [-0.25, -0.2) is 10.3 Å². The molecular formula is C5H11N3O2S. The van der Waals surface area contributed by atoms with Crippen molar-refractivity contribution < 1.29 is 8.42 Å². The van der Waals surface area contributed by atoms with E-state index >= 15 is 0 Å². The number of allylic oxidation sites excluding steroid dienone is 2. The van der Waals surface area contributed by atoms with Gasteiger partial charge in [-0.3, -0.25) is 0 Å². The van der Waals surface area contributed by atoms with Crippen molar-refractivity contribution in [1.29, 1.82) is 0 Å². The first-order chi connectivity index (χ1) is 5.00. The third kappa shape index (κ3) is 17.6. The van der Waals surface area contributed by atoms with Crippen molar-refractivity contribution in [2.45, 2.75) is 0 Å². The van der Waals surface area contributed by atoms with Crippen molar-refractivity contribution >= 4 is 10.2 Å². The molecule has 1 aliphatic heterocycles. The minimum absolute atomic E-state index is 0.983. The van der Waals surface area contributed by atoms with Crippen LogP contribution in [0.1, 0.15) is 0 Å². The SMILES string of the molecule is C1=CCNC=C1.NS(N)(=O)=O. The highest BCUT2D eigenvalue weighted by atomic mass is 32.2. The maximum atomic E-state index is 9.19. The summed E-state index contributed by atoms with van der Waals surface area (Å²) in [5, 5.41) is 11.2. The van der Waals surface area contributed by atoms with E-state index < -0.39 is 10.2 Å². The highest BCUT2D eigenvalue weighted by Crippen LogP contribution is 1.78. The summed E-state index contributed by atoms with van der Waals surface area (Å²) in [6.07, 6.45) is 8.00. The summed E-state index contributed by atoms with van der Waals surface area (Å²) in [7, 11) is -3.67. The van der Waals surface area contributed by atoms with Gasteiger partial charge < -0.3 is 5.32 Å². The topological polar surface area (TPSA) is 98.2 Å². The molecular weight excluding hydrogens is 166 g/mol. The second-order valence-electron chi connectivity index (χ2n) is 1.78. The summed E-state index contributed by atoms with van der Waals surface area (Å²) >= 11 is 0. The van der Waals surface area contributed by atoms with Crippen molar-refractivity contribution in [3.63, 3.8) is 0 Å². The Morgan fingerprint density at radius 1 is 1.27 bits per heavy atom. The van der Waals surface area contributed by atoms with Crippen molar-refractivity contribution in [3.05, 3.63) is 24.4 Å². The second kappa shape index (κ2) is 4.89. The molecule has 0 aromatic heterocycles. The summed E-state index contributed by atoms with van der Waals surface area (Å²) in [6, 6.07) is 0. The molecule has 0 aliphatic carbocycles. The third-order valence-corrected chi connectivity index (χ3v) is 0.697. The van der Waals surface area contributed by atoms with Crippen molar-refractivity contribution in [2.75, 3.05) is 6.54 Å². The Kier molecular flexibility index (Phi) is 4.51. The average molecular weight is 177 g/mol. The van der Waals surface area contributed by atoms with E-state index in [0.717, 1.165) is 6.54 Å². The van der Waals surface area contributed by atoms with Gasteiger partial charge in [0, 0.05) is 6.54 Å². The van der Waals surface area contributed by atoms with Crippen LogP contribution in [0.2, 0.25) is 0 Å². The molecule has 0 aromatic carbocycles. The zero-order chi connectivity index (χ0) is 8.74. The number of hydrogen-bond acceptors (Lipinski definition) is 3. The predicted molar refractivity (Wildman–Crippen MR) is 43.6 cm³/mol. The van der Waals surface area contributed by atoms with Gasteiger partial charge in [0.2, 0.25) is 0 Å². The van der Waals surface area contributed by atoms with Crippen LogP contribution in [0.3, 0.4) is 0 Å². The third-order valence-electron chi connectivity index (χ3n) is 0.697. The van der Waals surface area contributed by atoms with Gasteiger partial charge in [-0.15, -0.1) is 0 Å². The second-order valence-corrected chi connectivity index (χ2v) is 2.96. The van der Waals surface area contributed by atoms with Crippen LogP contribution in [-0.2, 0) is 10.2 Å². The lowest BCUT2D eigenvalue weighted by Crippen LogP contribution is -2.21. The number of nitrogens with one attached hydrogen (secondary N) is 1. The molecule has 11 heavy (non-hydrogen) atoms. The van der Waals surface area contributed by atoms with Gasteiger partial charge in [0.05, 0.1) is 0 Å². The Hall–Kier alpha value is -0.850. The Morgan fingerprint density at radius 3 is 1.91 bits per heavy atom. The van der Waals surface area contributed by atoms with Crippen molar-refractivity contribution in [1.82, 2.24) is 5.32 Å².